The number of hydrogen-bond donors (Lipinski definition) is 1. The van der Waals surface area contributed by atoms with Crippen molar-refractivity contribution in [2.45, 2.75) is 70.0 Å². The second-order valence-corrected chi connectivity index (χ2v) is 12.2. The lowest BCUT2D eigenvalue weighted by molar-refractivity contribution is -0.149. The van der Waals surface area contributed by atoms with Gasteiger partial charge in [-0.3, -0.25) is 14.7 Å². The second kappa shape index (κ2) is 16.7. The summed E-state index contributed by atoms with van der Waals surface area (Å²) in [6.45, 7) is 5.90. The molecule has 0 spiro atoms. The molecule has 0 bridgehead atoms. The third kappa shape index (κ3) is 9.44. The van der Waals surface area contributed by atoms with E-state index in [-0.39, 0.29) is 49.9 Å². The molecule has 1 amide bonds. The smallest absolute Gasteiger partial charge is 0.416 e. The Morgan fingerprint density at radius 1 is 1.10 bits per heavy atom. The van der Waals surface area contributed by atoms with E-state index >= 15 is 0 Å². The number of nitrogens with one attached hydrogen (secondary N) is 1. The average molecular weight is 689 g/mol. The van der Waals surface area contributed by atoms with E-state index in [2.05, 4.69) is 10.3 Å². The summed E-state index contributed by atoms with van der Waals surface area (Å²) in [5.74, 6) is -0.865. The van der Waals surface area contributed by atoms with Crippen molar-refractivity contribution in [2.24, 2.45) is 4.99 Å². The molecular weight excluding hydrogens is 645 g/mol. The van der Waals surface area contributed by atoms with Gasteiger partial charge < -0.3 is 29.0 Å². The molecule has 266 valence electrons. The van der Waals surface area contributed by atoms with Crippen molar-refractivity contribution in [3.05, 3.63) is 71.2 Å². The van der Waals surface area contributed by atoms with Crippen LogP contribution in [-0.2, 0) is 34.7 Å². The molecule has 0 radical (unpaired) electrons. The number of aryl methyl sites for hydroxylation is 1. The Morgan fingerprint density at radius 3 is 2.65 bits per heavy atom. The standard InChI is InChI=1S/C35H43F3N4O7/c1-3-47-31(43)23-46-17-18-48-28-9-5-10-29(20-28)49-33-34(42-13-15-45-16-14-42,21-26(22-40-33)30-11-6-12-39-24(30)2)41-32(44)25-7-4-8-27(19-25)35(36,37)38/h4,6-8,11-12,19,22,28-29H,3,5,9-10,13-18,20-21,23H2,1-2H3,(H,41,44)/t28-,29-,34?/m1/s1. The number of aromatic nitrogens is 1. The minimum Gasteiger partial charge on any atom is -0.475 e. The molecule has 1 aromatic heterocycles. The van der Waals surface area contributed by atoms with E-state index in [0.717, 1.165) is 48.2 Å². The van der Waals surface area contributed by atoms with Gasteiger partial charge in [0.2, 0.25) is 5.90 Å². The van der Waals surface area contributed by atoms with E-state index in [0.29, 0.717) is 39.3 Å². The largest absolute Gasteiger partial charge is 0.475 e. The molecule has 5 rings (SSSR count). The van der Waals surface area contributed by atoms with Crippen molar-refractivity contribution in [1.29, 1.82) is 0 Å². The summed E-state index contributed by atoms with van der Waals surface area (Å²) in [6, 6.07) is 8.11. The fourth-order valence-corrected chi connectivity index (χ4v) is 6.37. The number of rotatable bonds is 12. The number of morpholine rings is 1. The molecule has 3 atom stereocenters. The number of alkyl halides is 3. The average Bonchev–Trinajstić information content (AvgIpc) is 3.09. The van der Waals surface area contributed by atoms with Gasteiger partial charge in [-0.05, 0) is 62.9 Å². The Bertz CT molecular complexity index is 1510. The van der Waals surface area contributed by atoms with Gasteiger partial charge >= 0.3 is 12.1 Å². The normalized spacial score (nSPS) is 23.3. The molecule has 3 aliphatic rings. The van der Waals surface area contributed by atoms with Crippen molar-refractivity contribution in [3.63, 3.8) is 0 Å². The topological polar surface area (TPSA) is 121 Å². The van der Waals surface area contributed by atoms with E-state index < -0.39 is 29.3 Å². The van der Waals surface area contributed by atoms with E-state index in [1.54, 1.807) is 19.3 Å². The highest BCUT2D eigenvalue weighted by Crippen LogP contribution is 2.37. The highest BCUT2D eigenvalue weighted by atomic mass is 19.4. The fourth-order valence-electron chi connectivity index (χ4n) is 6.37. The summed E-state index contributed by atoms with van der Waals surface area (Å²) in [5.41, 5.74) is 0.0177. The maximum absolute atomic E-state index is 14.0. The zero-order valence-corrected chi connectivity index (χ0v) is 27.8. The molecule has 2 aromatic rings. The van der Waals surface area contributed by atoms with Crippen LogP contribution in [0.4, 0.5) is 13.2 Å². The van der Waals surface area contributed by atoms with Gasteiger partial charge in [-0.25, -0.2) is 9.79 Å². The van der Waals surface area contributed by atoms with Gasteiger partial charge in [-0.15, -0.1) is 0 Å². The van der Waals surface area contributed by atoms with Crippen LogP contribution in [0.5, 0.6) is 0 Å². The van der Waals surface area contributed by atoms with Gasteiger partial charge in [0.25, 0.3) is 5.91 Å². The number of aliphatic imine (C=N–C) groups is 1. The Hall–Kier alpha value is -3.85. The number of carbonyl (C=O) groups excluding carboxylic acids is 2. The SMILES string of the molecule is CCOC(=O)COCCO[C@@H]1CCC[C@@H](OC2=NC=C(c3cccnc3C)CC2(NC(=O)c2cccc(C(F)(F)F)c2)N2CCOCC2)C1. The zero-order chi connectivity index (χ0) is 34.9. The lowest BCUT2D eigenvalue weighted by Crippen LogP contribution is -2.69. The summed E-state index contributed by atoms with van der Waals surface area (Å²) >= 11 is 0. The Balaban J connectivity index is 1.41. The second-order valence-electron chi connectivity index (χ2n) is 12.2. The third-order valence-electron chi connectivity index (χ3n) is 8.78. The summed E-state index contributed by atoms with van der Waals surface area (Å²) in [7, 11) is 0. The number of nitrogens with zero attached hydrogens (tertiary/aromatic N) is 3. The lowest BCUT2D eigenvalue weighted by atomic mass is 9.89. The molecule has 3 heterocycles. The van der Waals surface area contributed by atoms with Crippen LogP contribution in [0.3, 0.4) is 0 Å². The minimum absolute atomic E-state index is 0.129. The highest BCUT2D eigenvalue weighted by Gasteiger charge is 2.49. The molecular formula is C35H43F3N4O7. The number of ether oxygens (including phenoxy) is 5. The third-order valence-corrected chi connectivity index (χ3v) is 8.78. The molecule has 2 fully saturated rings. The lowest BCUT2D eigenvalue weighted by Gasteiger charge is -2.48. The first-order valence-corrected chi connectivity index (χ1v) is 16.6. The Kier molecular flexibility index (Phi) is 12.4. The number of amides is 1. The molecule has 1 saturated carbocycles. The van der Waals surface area contributed by atoms with Gasteiger partial charge in [-0.2, -0.15) is 13.2 Å². The van der Waals surface area contributed by atoms with Gasteiger partial charge in [-0.1, -0.05) is 12.1 Å². The van der Waals surface area contributed by atoms with E-state index in [1.807, 2.05) is 24.0 Å². The van der Waals surface area contributed by atoms with Crippen molar-refractivity contribution in [3.8, 4) is 0 Å². The van der Waals surface area contributed by atoms with Crippen molar-refractivity contribution in [1.82, 2.24) is 15.2 Å². The van der Waals surface area contributed by atoms with Gasteiger partial charge in [0.1, 0.15) is 12.7 Å². The molecule has 1 aromatic carbocycles. The number of pyridine rings is 1. The molecule has 1 unspecified atom stereocenters. The van der Waals surface area contributed by atoms with Crippen LogP contribution in [0.1, 0.15) is 66.2 Å². The predicted molar refractivity (Wildman–Crippen MR) is 174 cm³/mol. The van der Waals surface area contributed by atoms with Crippen LogP contribution in [0.15, 0.2) is 53.8 Å². The summed E-state index contributed by atoms with van der Waals surface area (Å²) in [4.78, 5) is 36.8. The molecule has 11 nitrogen and oxygen atoms in total. The summed E-state index contributed by atoms with van der Waals surface area (Å²) in [6.07, 6.45) is 1.50. The summed E-state index contributed by atoms with van der Waals surface area (Å²) in [5, 5.41) is 3.10. The monoisotopic (exact) mass is 688 g/mol. The first-order chi connectivity index (χ1) is 23.6. The first kappa shape index (κ1) is 36.4. The van der Waals surface area contributed by atoms with Crippen molar-refractivity contribution < 1.29 is 46.4 Å². The maximum atomic E-state index is 14.0. The first-order valence-electron chi connectivity index (χ1n) is 16.6. The Morgan fingerprint density at radius 2 is 1.90 bits per heavy atom. The number of hydrogen-bond acceptors (Lipinski definition) is 10. The molecule has 2 aliphatic heterocycles. The van der Waals surface area contributed by atoms with Crippen LogP contribution in [0.25, 0.3) is 5.57 Å². The molecule has 1 N–H and O–H groups in total. The predicted octanol–water partition coefficient (Wildman–Crippen LogP) is 4.93. The van der Waals surface area contributed by atoms with Gasteiger partial charge in [0.15, 0.2) is 5.66 Å². The van der Waals surface area contributed by atoms with Crippen LogP contribution < -0.4 is 5.32 Å². The van der Waals surface area contributed by atoms with Gasteiger partial charge in [0, 0.05) is 55.1 Å². The number of benzene rings is 1. The van der Waals surface area contributed by atoms with Crippen LogP contribution in [0, 0.1) is 6.92 Å². The number of halogens is 3. The van der Waals surface area contributed by atoms with Gasteiger partial charge in [0.05, 0.1) is 44.7 Å². The van der Waals surface area contributed by atoms with E-state index in [9.17, 15) is 22.8 Å². The molecule has 1 aliphatic carbocycles. The van der Waals surface area contributed by atoms with E-state index in [4.69, 9.17) is 28.7 Å². The summed E-state index contributed by atoms with van der Waals surface area (Å²) < 4.78 is 69.5. The fraction of sp³-hybridized carbons (Fsp3) is 0.543. The number of esters is 1. The van der Waals surface area contributed by atoms with Crippen LogP contribution in [-0.4, -0.2) is 98.3 Å². The minimum atomic E-state index is -4.61. The van der Waals surface area contributed by atoms with E-state index in [1.165, 1.54) is 12.1 Å². The van der Waals surface area contributed by atoms with Crippen molar-refractivity contribution >= 4 is 23.3 Å². The van der Waals surface area contributed by atoms with Crippen LogP contribution in [0.2, 0.25) is 0 Å². The highest BCUT2D eigenvalue weighted by molar-refractivity contribution is 6.01. The number of carbonyl (C=O) groups is 2. The molecule has 1 saturated heterocycles. The zero-order valence-electron chi connectivity index (χ0n) is 27.8. The quantitative estimate of drug-likeness (QED) is 0.244. The van der Waals surface area contributed by atoms with Crippen molar-refractivity contribution in [2.75, 3.05) is 52.7 Å². The Labute approximate surface area is 283 Å². The molecule has 14 heteroatoms. The van der Waals surface area contributed by atoms with Crippen LogP contribution >= 0.6 is 0 Å². The maximum Gasteiger partial charge on any atom is 0.416 e. The molecule has 49 heavy (non-hydrogen) atoms.